The summed E-state index contributed by atoms with van der Waals surface area (Å²) in [6.45, 7) is 3.86. The molecule has 0 spiro atoms. The van der Waals surface area contributed by atoms with Crippen LogP contribution in [0.1, 0.15) is 154 Å². The molecule has 5 amide bonds. The normalized spacial score (nSPS) is 10.9. The zero-order valence-electron chi connectivity index (χ0n) is 31.4. The maximum atomic E-state index is 12.5. The Morgan fingerprint density at radius 1 is 0.358 bits per heavy atom. The lowest BCUT2D eigenvalue weighted by Gasteiger charge is -2.17. The van der Waals surface area contributed by atoms with Crippen molar-refractivity contribution in [2.45, 2.75) is 154 Å². The Labute approximate surface area is 361 Å². The van der Waals surface area contributed by atoms with E-state index in [1.807, 2.05) is 0 Å². The number of halogens is 5. The van der Waals surface area contributed by atoms with Crippen molar-refractivity contribution in [2.24, 2.45) is 5.73 Å². The lowest BCUT2D eigenvalue weighted by Crippen LogP contribution is -2.23. The molecule has 0 rings (SSSR count). The lowest BCUT2D eigenvalue weighted by molar-refractivity contribution is -0.127. The predicted octanol–water partition coefficient (Wildman–Crippen LogP) is 9.20. The van der Waals surface area contributed by atoms with Gasteiger partial charge in [0.15, 0.2) is 0 Å². The number of rotatable bonds is 35. The molecule has 0 unspecified atom stereocenters. The number of aldehydes is 1. The number of carbonyl (C=O) groups excluding carboxylic acids is 6. The van der Waals surface area contributed by atoms with Gasteiger partial charge in [-0.1, -0.05) is 38.5 Å². The Hall–Kier alpha value is -0.620. The molecule has 0 fully saturated rings. The highest BCUT2D eigenvalue weighted by Gasteiger charge is 2.15. The van der Waals surface area contributed by atoms with Crippen LogP contribution in [0.5, 0.6) is 0 Å². The van der Waals surface area contributed by atoms with Gasteiger partial charge in [0.2, 0.25) is 29.5 Å². The summed E-state index contributed by atoms with van der Waals surface area (Å²) >= 11 is 16.8. The fourth-order valence-electron chi connectivity index (χ4n) is 5.30. The third-order valence-electron chi connectivity index (χ3n) is 8.60. The summed E-state index contributed by atoms with van der Waals surface area (Å²) in [5, 5.41) is 0. The third kappa shape index (κ3) is 30.2. The second-order valence-corrected chi connectivity index (χ2v) is 17.5. The van der Waals surface area contributed by atoms with E-state index in [9.17, 15) is 28.8 Å². The molecule has 0 aliphatic carbocycles. The molecule has 0 saturated carbocycles. The number of carbonyl (C=O) groups is 6. The van der Waals surface area contributed by atoms with Gasteiger partial charge in [-0.2, -0.15) is 0 Å². The molecule has 0 aromatic heterocycles. The second-order valence-electron chi connectivity index (χ2n) is 13.3. The van der Waals surface area contributed by atoms with Gasteiger partial charge in [0.25, 0.3) is 0 Å². The molecule has 0 saturated heterocycles. The molecule has 12 nitrogen and oxygen atoms in total. The topological polar surface area (TPSA) is 145 Å². The van der Waals surface area contributed by atoms with Gasteiger partial charge < -0.3 is 10.5 Å². The summed E-state index contributed by atoms with van der Waals surface area (Å²) in [4.78, 5) is 72.0. The van der Waals surface area contributed by atoms with Gasteiger partial charge in [0, 0.05) is 71.2 Å². The fourth-order valence-corrected chi connectivity index (χ4v) is 7.44. The first-order chi connectivity index (χ1) is 25.4. The number of nitrogens with two attached hydrogens (primary N) is 1. The third-order valence-corrected chi connectivity index (χ3v) is 12.4. The van der Waals surface area contributed by atoms with Gasteiger partial charge in [0.05, 0.1) is 80.7 Å². The predicted molar refractivity (Wildman–Crippen MR) is 229 cm³/mol. The Bertz CT molecular complexity index is 1030. The summed E-state index contributed by atoms with van der Waals surface area (Å²) in [6, 6.07) is 0. The first-order valence-electron chi connectivity index (χ1n) is 19.4. The fraction of sp³-hybridized carbons (Fsp3) is 0.833. The van der Waals surface area contributed by atoms with Gasteiger partial charge in [-0.3, -0.25) is 43.6 Å². The standard InChI is InChI=1S/C36H63Br5N6O6/c37-43(32(49)20-8-7-19-31-48)27-15-3-4-16-28-45(39)35(52)23-11-12-24-36(53)47(41)30-18-6-5-17-29-46(40)34(51)22-10-9-21-33(50)44(38)26-14-2-1-13-25-42/h31H,1-30,42H2. The minimum absolute atomic E-state index is 0.0101. The minimum atomic E-state index is 0.0101. The van der Waals surface area contributed by atoms with Crippen molar-refractivity contribution >= 4 is 117 Å². The van der Waals surface area contributed by atoms with Crippen molar-refractivity contribution in [3.05, 3.63) is 0 Å². The zero-order valence-corrected chi connectivity index (χ0v) is 39.4. The van der Waals surface area contributed by atoms with E-state index in [2.05, 4.69) is 80.7 Å². The van der Waals surface area contributed by atoms with Crippen LogP contribution in [0.3, 0.4) is 0 Å². The van der Waals surface area contributed by atoms with Crippen molar-refractivity contribution < 1.29 is 28.8 Å². The number of hydrogen-bond donors (Lipinski definition) is 1. The van der Waals surface area contributed by atoms with E-state index in [0.29, 0.717) is 110 Å². The SMILES string of the molecule is NCCCCCCN(Br)C(=O)CCCCC(=O)N(Br)CCCCCCN(Br)C(=O)CCCCC(=O)N(Br)CCCCCCN(Br)C(=O)CCCCC=O. The molecule has 0 radical (unpaired) electrons. The summed E-state index contributed by atoms with van der Waals surface area (Å²) in [6.07, 6.45) is 18.8. The monoisotopic (exact) mass is 1070 g/mol. The minimum Gasteiger partial charge on any atom is -0.330 e. The molecule has 0 aliphatic rings. The Balaban J connectivity index is 3.84. The quantitative estimate of drug-likeness (QED) is 0.0379. The molecule has 0 aliphatic heterocycles. The number of nitrogens with zero attached hydrogens (tertiary/aromatic N) is 5. The van der Waals surface area contributed by atoms with Gasteiger partial charge in [0.1, 0.15) is 6.29 Å². The van der Waals surface area contributed by atoms with Crippen molar-refractivity contribution in [1.29, 1.82) is 0 Å². The molecule has 2 N–H and O–H groups in total. The van der Waals surface area contributed by atoms with E-state index in [1.54, 1.807) is 19.6 Å². The molecule has 308 valence electrons. The van der Waals surface area contributed by atoms with Crippen molar-refractivity contribution in [3.63, 3.8) is 0 Å². The lowest BCUT2D eigenvalue weighted by atomic mass is 10.1. The van der Waals surface area contributed by atoms with E-state index >= 15 is 0 Å². The molecule has 0 atom stereocenters. The maximum absolute atomic E-state index is 12.5. The largest absolute Gasteiger partial charge is 0.330 e. The van der Waals surface area contributed by atoms with Crippen LogP contribution in [-0.4, -0.2) is 94.7 Å². The van der Waals surface area contributed by atoms with Crippen LogP contribution in [0.4, 0.5) is 0 Å². The molecular weight excluding hydrogens is 1010 g/mol. The number of hydrogen-bond acceptors (Lipinski definition) is 7. The Morgan fingerprint density at radius 2 is 0.585 bits per heavy atom. The second kappa shape index (κ2) is 35.8. The van der Waals surface area contributed by atoms with Crippen LogP contribution in [0.25, 0.3) is 0 Å². The van der Waals surface area contributed by atoms with Gasteiger partial charge in [-0.25, -0.2) is 0 Å². The van der Waals surface area contributed by atoms with E-state index in [1.165, 1.54) is 0 Å². The highest BCUT2D eigenvalue weighted by Crippen LogP contribution is 2.16. The average molecular weight is 1080 g/mol. The van der Waals surface area contributed by atoms with Crippen LogP contribution in [0.2, 0.25) is 0 Å². The van der Waals surface area contributed by atoms with Crippen molar-refractivity contribution in [1.82, 2.24) is 19.6 Å². The molecule has 0 bridgehead atoms. The Morgan fingerprint density at radius 3 is 0.811 bits per heavy atom. The molecule has 0 aromatic carbocycles. The van der Waals surface area contributed by atoms with Crippen molar-refractivity contribution in [2.75, 3.05) is 39.3 Å². The summed E-state index contributed by atoms with van der Waals surface area (Å²) < 4.78 is 7.92. The van der Waals surface area contributed by atoms with Gasteiger partial charge in [-0.15, -0.1) is 0 Å². The van der Waals surface area contributed by atoms with Crippen molar-refractivity contribution in [3.8, 4) is 0 Å². The van der Waals surface area contributed by atoms with Crippen LogP contribution >= 0.6 is 80.7 Å². The average Bonchev–Trinajstić information content (AvgIpc) is 3.15. The summed E-state index contributed by atoms with van der Waals surface area (Å²) in [7, 11) is 0. The maximum Gasteiger partial charge on any atom is 0.232 e. The molecular formula is C36H63Br5N6O6. The number of amides is 5. The van der Waals surface area contributed by atoms with Crippen LogP contribution < -0.4 is 5.73 Å². The van der Waals surface area contributed by atoms with E-state index in [0.717, 1.165) is 89.8 Å². The first kappa shape index (κ1) is 52.4. The van der Waals surface area contributed by atoms with Crippen LogP contribution in [-0.2, 0) is 28.8 Å². The molecule has 0 heterocycles. The highest BCUT2D eigenvalue weighted by molar-refractivity contribution is 9.08. The molecule has 17 heteroatoms. The first-order valence-corrected chi connectivity index (χ1v) is 22.9. The zero-order chi connectivity index (χ0) is 39.7. The smallest absolute Gasteiger partial charge is 0.232 e. The van der Waals surface area contributed by atoms with Gasteiger partial charge >= 0.3 is 0 Å². The van der Waals surface area contributed by atoms with E-state index in [-0.39, 0.29) is 29.5 Å². The number of unbranched alkanes of at least 4 members (excludes halogenated alkanes) is 13. The summed E-state index contributed by atoms with van der Waals surface area (Å²) in [5.41, 5.74) is 5.51. The van der Waals surface area contributed by atoms with E-state index in [4.69, 9.17) is 5.73 Å². The molecule has 0 aromatic rings. The van der Waals surface area contributed by atoms with E-state index < -0.39 is 0 Å². The van der Waals surface area contributed by atoms with Crippen LogP contribution in [0.15, 0.2) is 0 Å². The Kier molecular flexibility index (Phi) is 35.4. The van der Waals surface area contributed by atoms with Gasteiger partial charge in [-0.05, 0) is 83.6 Å². The summed E-state index contributed by atoms with van der Waals surface area (Å²) in [5.74, 6) is 0.137. The van der Waals surface area contributed by atoms with Crippen LogP contribution in [0, 0.1) is 0 Å². The molecule has 53 heavy (non-hydrogen) atoms. The highest BCUT2D eigenvalue weighted by atomic mass is 79.9.